The van der Waals surface area contributed by atoms with Gasteiger partial charge >= 0.3 is 6.18 Å². The minimum atomic E-state index is -4.48. The number of ether oxygens (including phenoxy) is 2. The van der Waals surface area contributed by atoms with Gasteiger partial charge in [-0.25, -0.2) is 4.79 Å². The van der Waals surface area contributed by atoms with Gasteiger partial charge in [-0.3, -0.25) is 0 Å². The zero-order valence-corrected chi connectivity index (χ0v) is 16.7. The topological polar surface area (TPSA) is 104 Å². The number of nitrogen functional groups attached to an aromatic ring is 1. The number of nitrogens with zero attached hydrogens (tertiary/aromatic N) is 3. The summed E-state index contributed by atoms with van der Waals surface area (Å²) in [7, 11) is 0. The average Bonchev–Trinajstić information content (AvgIpc) is 3.06. The molecule has 1 unspecified atom stereocenters. The Morgan fingerprint density at radius 3 is 2.61 bits per heavy atom. The highest BCUT2D eigenvalue weighted by Crippen LogP contribution is 2.23. The lowest BCUT2D eigenvalue weighted by Gasteiger charge is -2.18. The van der Waals surface area contributed by atoms with Crippen LogP contribution in [0.5, 0.6) is 5.75 Å². The first kappa shape index (κ1) is 22.0. The van der Waals surface area contributed by atoms with Gasteiger partial charge in [0.2, 0.25) is 11.9 Å². The Morgan fingerprint density at radius 2 is 2.00 bits per heavy atom. The summed E-state index contributed by atoms with van der Waals surface area (Å²) in [5.74, 6) is 2.50. The maximum Gasteiger partial charge on any atom is 0.422 e. The number of rotatable bonds is 7. The number of carbonyl (C=O) groups excluding carboxylic acids is 1. The van der Waals surface area contributed by atoms with Crippen LogP contribution in [-0.2, 0) is 9.53 Å². The highest BCUT2D eigenvalue weighted by molar-refractivity contribution is 5.65. The smallest absolute Gasteiger partial charge is 0.422 e. The van der Waals surface area contributed by atoms with Crippen LogP contribution in [0.15, 0.2) is 53.8 Å². The molecule has 11 heteroatoms. The molecule has 31 heavy (non-hydrogen) atoms. The zero-order valence-electron chi connectivity index (χ0n) is 16.7. The Hall–Kier alpha value is -3.72. The van der Waals surface area contributed by atoms with Gasteiger partial charge in [0.1, 0.15) is 17.5 Å². The summed E-state index contributed by atoms with van der Waals surface area (Å²) in [4.78, 5) is 15.4. The molecule has 2 aromatic rings. The lowest BCUT2D eigenvalue weighted by Crippen LogP contribution is -2.23. The summed E-state index contributed by atoms with van der Waals surface area (Å²) in [5.41, 5.74) is 6.62. The minimum Gasteiger partial charge on any atom is -0.491 e. The summed E-state index contributed by atoms with van der Waals surface area (Å²) in [5, 5.41) is 7.16. The molecule has 1 aliphatic rings. The van der Waals surface area contributed by atoms with Crippen LogP contribution in [0.3, 0.4) is 0 Å². The van der Waals surface area contributed by atoms with Crippen LogP contribution in [-0.4, -0.2) is 45.6 Å². The standard InChI is InChI=1S/C20H20F3N5O3/c1-12(2)31-15-5-3-14(4-6-15)28-18(24)26-19(27-28)25-17-8-7-16(9-13(17)10-29)30-11-20(21,22)23/h3-9,12,17H,11H2,1-2H3,(H3,24,25,26,27). The summed E-state index contributed by atoms with van der Waals surface area (Å²) in [6, 6.07) is 6.35. The molecule has 164 valence electrons. The number of aromatic nitrogens is 3. The quantitative estimate of drug-likeness (QED) is 0.644. The van der Waals surface area contributed by atoms with Gasteiger partial charge < -0.3 is 20.5 Å². The van der Waals surface area contributed by atoms with Crippen molar-refractivity contribution in [3.8, 4) is 11.4 Å². The molecule has 8 nitrogen and oxygen atoms in total. The fourth-order valence-electron chi connectivity index (χ4n) is 2.71. The number of alkyl halides is 3. The van der Waals surface area contributed by atoms with E-state index < -0.39 is 18.8 Å². The van der Waals surface area contributed by atoms with Gasteiger partial charge in [-0.15, -0.1) is 5.10 Å². The van der Waals surface area contributed by atoms with Gasteiger partial charge in [-0.1, -0.05) is 6.08 Å². The fraction of sp³-hybridized carbons (Fsp3) is 0.300. The number of anilines is 2. The van der Waals surface area contributed by atoms with Gasteiger partial charge in [0.15, 0.2) is 6.61 Å². The van der Waals surface area contributed by atoms with E-state index in [4.69, 9.17) is 10.5 Å². The molecule has 3 rings (SSSR count). The first-order valence-electron chi connectivity index (χ1n) is 9.25. The maximum absolute atomic E-state index is 12.3. The number of nitrogens with two attached hydrogens (primary N) is 1. The third kappa shape index (κ3) is 5.89. The lowest BCUT2D eigenvalue weighted by atomic mass is 10.0. The van der Waals surface area contributed by atoms with E-state index in [1.807, 2.05) is 13.8 Å². The van der Waals surface area contributed by atoms with Gasteiger partial charge in [-0.2, -0.15) is 22.8 Å². The van der Waals surface area contributed by atoms with Crippen LogP contribution in [0.1, 0.15) is 13.8 Å². The second-order valence-corrected chi connectivity index (χ2v) is 6.86. The Balaban J connectivity index is 1.71. The Labute approximate surface area is 175 Å². The monoisotopic (exact) mass is 435 g/mol. The van der Waals surface area contributed by atoms with Crippen molar-refractivity contribution in [1.29, 1.82) is 0 Å². The summed E-state index contributed by atoms with van der Waals surface area (Å²) in [6.45, 7) is 2.38. The van der Waals surface area contributed by atoms with E-state index in [0.717, 1.165) is 0 Å². The van der Waals surface area contributed by atoms with Gasteiger partial charge in [0.05, 0.1) is 23.4 Å². The summed E-state index contributed by atoms with van der Waals surface area (Å²) < 4.78 is 48.5. The number of benzene rings is 1. The van der Waals surface area contributed by atoms with E-state index in [1.165, 1.54) is 22.9 Å². The van der Waals surface area contributed by atoms with Crippen LogP contribution in [0.2, 0.25) is 0 Å². The van der Waals surface area contributed by atoms with E-state index in [2.05, 4.69) is 20.1 Å². The van der Waals surface area contributed by atoms with Crippen molar-refractivity contribution in [3.63, 3.8) is 0 Å². The Bertz CT molecular complexity index is 1040. The van der Waals surface area contributed by atoms with E-state index >= 15 is 0 Å². The molecular formula is C20H20F3N5O3. The molecule has 1 atom stereocenters. The molecule has 0 bridgehead atoms. The van der Waals surface area contributed by atoms with Crippen molar-refractivity contribution >= 4 is 17.8 Å². The third-order valence-electron chi connectivity index (χ3n) is 3.98. The number of halogens is 3. The molecule has 1 aromatic heterocycles. The van der Waals surface area contributed by atoms with Gasteiger partial charge in [0.25, 0.3) is 0 Å². The second kappa shape index (κ2) is 8.97. The van der Waals surface area contributed by atoms with Crippen molar-refractivity contribution in [2.24, 2.45) is 0 Å². The molecule has 0 spiro atoms. The number of allylic oxidation sites excluding steroid dienone is 1. The molecule has 3 N–H and O–H groups in total. The van der Waals surface area contributed by atoms with Crippen LogP contribution in [0.25, 0.3) is 5.69 Å². The molecule has 0 amide bonds. The van der Waals surface area contributed by atoms with E-state index in [0.29, 0.717) is 11.4 Å². The molecule has 0 radical (unpaired) electrons. The number of hydrogen-bond donors (Lipinski definition) is 2. The second-order valence-electron chi connectivity index (χ2n) is 6.86. The zero-order chi connectivity index (χ0) is 22.6. The van der Waals surface area contributed by atoms with E-state index in [9.17, 15) is 18.0 Å². The molecule has 0 saturated heterocycles. The lowest BCUT2D eigenvalue weighted by molar-refractivity contribution is -0.163. The van der Waals surface area contributed by atoms with Crippen LogP contribution >= 0.6 is 0 Å². The molecule has 1 aliphatic carbocycles. The van der Waals surface area contributed by atoms with Crippen LogP contribution < -0.4 is 15.8 Å². The first-order chi connectivity index (χ1) is 14.6. The van der Waals surface area contributed by atoms with Gasteiger partial charge in [-0.05, 0) is 50.3 Å². The van der Waals surface area contributed by atoms with Crippen molar-refractivity contribution < 1.29 is 27.4 Å². The first-order valence-corrected chi connectivity index (χ1v) is 9.25. The normalized spacial score (nSPS) is 16.1. The Kier molecular flexibility index (Phi) is 6.36. The molecule has 1 aromatic carbocycles. The minimum absolute atomic E-state index is 0.0322. The summed E-state index contributed by atoms with van der Waals surface area (Å²) >= 11 is 0. The SMILES string of the molecule is CC(C)Oc1ccc(-n2nc(NC3C=CC(OCC(F)(F)F)=CC3=C=O)nc2N)cc1. The molecular weight excluding hydrogens is 415 g/mol. The molecule has 0 fully saturated rings. The van der Waals surface area contributed by atoms with Crippen molar-refractivity contribution in [2.75, 3.05) is 17.7 Å². The molecule has 0 aliphatic heterocycles. The third-order valence-corrected chi connectivity index (χ3v) is 3.98. The maximum atomic E-state index is 12.3. The van der Waals surface area contributed by atoms with Gasteiger partial charge in [0, 0.05) is 0 Å². The van der Waals surface area contributed by atoms with Crippen LogP contribution in [0, 0.1) is 0 Å². The summed E-state index contributed by atoms with van der Waals surface area (Å²) in [6.07, 6.45) is -0.513. The Morgan fingerprint density at radius 1 is 1.29 bits per heavy atom. The highest BCUT2D eigenvalue weighted by Gasteiger charge is 2.29. The van der Waals surface area contributed by atoms with E-state index in [-0.39, 0.29) is 29.3 Å². The highest BCUT2D eigenvalue weighted by atomic mass is 19.4. The van der Waals surface area contributed by atoms with Crippen LogP contribution in [0.4, 0.5) is 25.1 Å². The van der Waals surface area contributed by atoms with Crippen molar-refractivity contribution in [2.45, 2.75) is 32.2 Å². The number of nitrogens with one attached hydrogen (secondary N) is 1. The molecule has 0 saturated carbocycles. The van der Waals surface area contributed by atoms with Crippen molar-refractivity contribution in [3.05, 3.63) is 53.8 Å². The van der Waals surface area contributed by atoms with E-state index in [1.54, 1.807) is 30.2 Å². The van der Waals surface area contributed by atoms with Crippen molar-refractivity contribution in [1.82, 2.24) is 14.8 Å². The fourth-order valence-corrected chi connectivity index (χ4v) is 2.71. The predicted molar refractivity (Wildman–Crippen MR) is 107 cm³/mol. The average molecular weight is 435 g/mol. The largest absolute Gasteiger partial charge is 0.491 e. The number of hydrogen-bond acceptors (Lipinski definition) is 7. The molecule has 1 heterocycles. The predicted octanol–water partition coefficient (Wildman–Crippen LogP) is 3.21.